The number of aromatic hydroxyl groups is 1. The number of hydrogen-bond donors (Lipinski definition) is 3. The molecule has 4 nitrogen and oxygen atoms in total. The number of amides is 1. The quantitative estimate of drug-likeness (QED) is 0.434. The zero-order chi connectivity index (χ0) is 14.6. The van der Waals surface area contributed by atoms with Gasteiger partial charge in [-0.3, -0.25) is 10.2 Å². The molecule has 1 aromatic carbocycles. The molecular formula is C15H24N2O2. The van der Waals surface area contributed by atoms with Crippen LogP contribution >= 0.6 is 0 Å². The summed E-state index contributed by atoms with van der Waals surface area (Å²) in [6, 6.07) is 3.92. The van der Waals surface area contributed by atoms with E-state index < -0.39 is 0 Å². The molecule has 0 aliphatic rings. The average molecular weight is 264 g/mol. The van der Waals surface area contributed by atoms with Crippen LogP contribution in [0.1, 0.15) is 50.3 Å². The van der Waals surface area contributed by atoms with Crippen LogP contribution in [0.3, 0.4) is 0 Å². The maximum absolute atomic E-state index is 11.2. The van der Waals surface area contributed by atoms with Crippen molar-refractivity contribution < 1.29 is 9.90 Å². The van der Waals surface area contributed by atoms with Gasteiger partial charge >= 0.3 is 0 Å². The lowest BCUT2D eigenvalue weighted by Crippen LogP contribution is -2.30. The minimum absolute atomic E-state index is 0.0824. The minimum Gasteiger partial charge on any atom is -0.507 e. The number of phenols is 1. The molecular weight excluding hydrogens is 240 g/mol. The fourth-order valence-corrected chi connectivity index (χ4v) is 2.04. The molecule has 19 heavy (non-hydrogen) atoms. The van der Waals surface area contributed by atoms with Gasteiger partial charge < -0.3 is 5.11 Å². The third-order valence-corrected chi connectivity index (χ3v) is 3.78. The van der Waals surface area contributed by atoms with Crippen LogP contribution < -0.4 is 11.3 Å². The van der Waals surface area contributed by atoms with Crippen molar-refractivity contribution in [3.63, 3.8) is 0 Å². The van der Waals surface area contributed by atoms with E-state index in [1.165, 1.54) is 0 Å². The van der Waals surface area contributed by atoms with Crippen LogP contribution in [0.4, 0.5) is 0 Å². The molecule has 4 heteroatoms. The highest BCUT2D eigenvalue weighted by molar-refractivity contribution is 5.75. The average Bonchev–Trinajstić information content (AvgIpc) is 2.39. The van der Waals surface area contributed by atoms with Gasteiger partial charge in [0.05, 0.1) is 0 Å². The van der Waals surface area contributed by atoms with Gasteiger partial charge in [-0.05, 0) is 36.3 Å². The maximum atomic E-state index is 11.2. The summed E-state index contributed by atoms with van der Waals surface area (Å²) in [5.41, 5.74) is 4.89. The fraction of sp³-hybridized carbons (Fsp3) is 0.533. The van der Waals surface area contributed by atoms with E-state index in [9.17, 15) is 9.90 Å². The summed E-state index contributed by atoms with van der Waals surface area (Å²) >= 11 is 0. The Labute approximate surface area is 115 Å². The van der Waals surface area contributed by atoms with Crippen LogP contribution in [0, 0.1) is 6.92 Å². The lowest BCUT2D eigenvalue weighted by molar-refractivity contribution is -0.121. The summed E-state index contributed by atoms with van der Waals surface area (Å²) < 4.78 is 0. The molecule has 4 N–H and O–H groups in total. The van der Waals surface area contributed by atoms with E-state index >= 15 is 0 Å². The summed E-state index contributed by atoms with van der Waals surface area (Å²) in [5, 5.41) is 10.2. The largest absolute Gasteiger partial charge is 0.507 e. The molecule has 0 heterocycles. The highest BCUT2D eigenvalue weighted by atomic mass is 16.3. The predicted octanol–water partition coefficient (Wildman–Crippen LogP) is 2.31. The van der Waals surface area contributed by atoms with Crippen LogP contribution in [0.15, 0.2) is 12.1 Å². The number of hydrogen-bond acceptors (Lipinski definition) is 3. The SMILES string of the molecule is CCC(C)(C)c1cc(CCC(=O)NN)cc(C)c1O. The third-order valence-electron chi connectivity index (χ3n) is 3.78. The number of aryl methyl sites for hydroxylation is 2. The van der Waals surface area contributed by atoms with E-state index in [1.54, 1.807) is 0 Å². The van der Waals surface area contributed by atoms with Crippen molar-refractivity contribution in [3.8, 4) is 5.75 Å². The molecule has 0 aromatic heterocycles. The molecule has 0 bridgehead atoms. The molecule has 0 aliphatic heterocycles. The molecule has 1 rings (SSSR count). The van der Waals surface area contributed by atoms with Crippen LogP contribution in [-0.4, -0.2) is 11.0 Å². The fourth-order valence-electron chi connectivity index (χ4n) is 2.04. The molecule has 0 saturated carbocycles. The van der Waals surface area contributed by atoms with Crippen molar-refractivity contribution in [2.75, 3.05) is 0 Å². The lowest BCUT2D eigenvalue weighted by Gasteiger charge is -2.26. The third kappa shape index (κ3) is 3.70. The maximum Gasteiger partial charge on any atom is 0.234 e. The van der Waals surface area contributed by atoms with Gasteiger partial charge in [0.25, 0.3) is 0 Å². The van der Waals surface area contributed by atoms with Crippen molar-refractivity contribution >= 4 is 5.91 Å². The molecule has 0 fully saturated rings. The molecule has 0 unspecified atom stereocenters. The van der Waals surface area contributed by atoms with E-state index in [-0.39, 0.29) is 11.3 Å². The first kappa shape index (κ1) is 15.5. The van der Waals surface area contributed by atoms with Gasteiger partial charge in [-0.15, -0.1) is 0 Å². The van der Waals surface area contributed by atoms with E-state index in [0.29, 0.717) is 18.6 Å². The first-order valence-electron chi connectivity index (χ1n) is 6.64. The Morgan fingerprint density at radius 2 is 2.05 bits per heavy atom. The van der Waals surface area contributed by atoms with E-state index in [1.807, 2.05) is 19.1 Å². The zero-order valence-corrected chi connectivity index (χ0v) is 12.2. The standard InChI is InChI=1S/C15H24N2O2/c1-5-15(3,4)12-9-11(6-7-13(18)17-16)8-10(2)14(12)19/h8-9,19H,5-7,16H2,1-4H3,(H,17,18). The second kappa shape index (κ2) is 6.06. The normalized spacial score (nSPS) is 11.4. The highest BCUT2D eigenvalue weighted by Gasteiger charge is 2.23. The van der Waals surface area contributed by atoms with Crippen molar-refractivity contribution in [3.05, 3.63) is 28.8 Å². The van der Waals surface area contributed by atoms with E-state index in [2.05, 4.69) is 26.2 Å². The Bertz CT molecular complexity index is 467. The van der Waals surface area contributed by atoms with Crippen LogP contribution in [-0.2, 0) is 16.6 Å². The molecule has 0 atom stereocenters. The number of carbonyl (C=O) groups excluding carboxylic acids is 1. The Morgan fingerprint density at radius 3 is 2.58 bits per heavy atom. The summed E-state index contributed by atoms with van der Waals surface area (Å²) in [6.07, 6.45) is 1.91. The van der Waals surface area contributed by atoms with Gasteiger partial charge in [0.15, 0.2) is 0 Å². The molecule has 0 spiro atoms. The second-order valence-corrected chi connectivity index (χ2v) is 5.61. The summed E-state index contributed by atoms with van der Waals surface area (Å²) in [6.45, 7) is 8.20. The summed E-state index contributed by atoms with van der Waals surface area (Å²) in [4.78, 5) is 11.2. The highest BCUT2D eigenvalue weighted by Crippen LogP contribution is 2.36. The first-order valence-corrected chi connectivity index (χ1v) is 6.64. The van der Waals surface area contributed by atoms with Gasteiger partial charge in [-0.25, -0.2) is 5.84 Å². The van der Waals surface area contributed by atoms with Crippen LogP contribution in [0.25, 0.3) is 0 Å². The summed E-state index contributed by atoms with van der Waals surface area (Å²) in [5.74, 6) is 5.25. The number of benzene rings is 1. The number of carbonyl (C=O) groups is 1. The molecule has 1 amide bonds. The monoisotopic (exact) mass is 264 g/mol. The summed E-state index contributed by atoms with van der Waals surface area (Å²) in [7, 11) is 0. The molecule has 0 aliphatic carbocycles. The molecule has 0 saturated heterocycles. The van der Waals surface area contributed by atoms with E-state index in [4.69, 9.17) is 5.84 Å². The van der Waals surface area contributed by atoms with Gasteiger partial charge in [0.1, 0.15) is 5.75 Å². The van der Waals surface area contributed by atoms with Gasteiger partial charge in [-0.1, -0.05) is 32.9 Å². The number of hydrazine groups is 1. The van der Waals surface area contributed by atoms with Crippen molar-refractivity contribution in [2.24, 2.45) is 5.84 Å². The number of rotatable bonds is 5. The Balaban J connectivity index is 3.06. The molecule has 0 radical (unpaired) electrons. The lowest BCUT2D eigenvalue weighted by atomic mass is 9.80. The van der Waals surface area contributed by atoms with Crippen molar-refractivity contribution in [2.45, 2.75) is 52.4 Å². The van der Waals surface area contributed by atoms with Gasteiger partial charge in [0.2, 0.25) is 5.91 Å². The number of phenolic OH excluding ortho intramolecular Hbond substituents is 1. The Hall–Kier alpha value is -1.55. The molecule has 1 aromatic rings. The van der Waals surface area contributed by atoms with Crippen LogP contribution in [0.2, 0.25) is 0 Å². The van der Waals surface area contributed by atoms with Crippen LogP contribution in [0.5, 0.6) is 5.75 Å². The van der Waals surface area contributed by atoms with E-state index in [0.717, 1.165) is 23.1 Å². The number of nitrogens with one attached hydrogen (secondary N) is 1. The number of nitrogens with two attached hydrogens (primary N) is 1. The van der Waals surface area contributed by atoms with Crippen molar-refractivity contribution in [1.82, 2.24) is 5.43 Å². The minimum atomic E-state index is -0.179. The Morgan fingerprint density at radius 1 is 1.42 bits per heavy atom. The first-order chi connectivity index (χ1) is 8.81. The zero-order valence-electron chi connectivity index (χ0n) is 12.2. The Kier molecular flexibility index (Phi) is 4.95. The topological polar surface area (TPSA) is 75.4 Å². The smallest absolute Gasteiger partial charge is 0.234 e. The van der Waals surface area contributed by atoms with Gasteiger partial charge in [-0.2, -0.15) is 0 Å². The predicted molar refractivity (Wildman–Crippen MR) is 76.8 cm³/mol. The second-order valence-electron chi connectivity index (χ2n) is 5.61. The van der Waals surface area contributed by atoms with Crippen molar-refractivity contribution in [1.29, 1.82) is 0 Å². The van der Waals surface area contributed by atoms with Gasteiger partial charge in [0, 0.05) is 12.0 Å². The molecule has 106 valence electrons.